The van der Waals surface area contributed by atoms with Crippen LogP contribution in [0.3, 0.4) is 0 Å². The Morgan fingerprint density at radius 2 is 1.85 bits per heavy atom. The second-order valence-electron chi connectivity index (χ2n) is 5.36. The molecule has 0 atom stereocenters. The maximum absolute atomic E-state index is 11.7. The van der Waals surface area contributed by atoms with E-state index >= 15 is 0 Å². The summed E-state index contributed by atoms with van der Waals surface area (Å²) in [6.07, 6.45) is 7.69. The number of anilines is 1. The van der Waals surface area contributed by atoms with Crippen molar-refractivity contribution in [3.63, 3.8) is 0 Å². The molecular weight excluding hydrogens is 248 g/mol. The lowest BCUT2D eigenvalue weighted by molar-refractivity contribution is -0.115. The molecule has 1 aromatic carbocycles. The number of carbonyl (C=O) groups is 1. The Labute approximate surface area is 123 Å². The van der Waals surface area contributed by atoms with Crippen molar-refractivity contribution in [2.75, 3.05) is 18.4 Å². The van der Waals surface area contributed by atoms with Crippen molar-refractivity contribution < 1.29 is 4.79 Å². The lowest BCUT2D eigenvalue weighted by atomic mass is 10.1. The first-order valence-corrected chi connectivity index (χ1v) is 7.79. The molecule has 0 radical (unpaired) electrons. The van der Waals surface area contributed by atoms with E-state index in [0.29, 0.717) is 6.54 Å². The molecule has 1 amide bonds. The largest absolute Gasteiger partial charge is 0.325 e. The molecule has 2 N–H and O–H groups in total. The molecule has 0 saturated heterocycles. The maximum atomic E-state index is 11.7. The van der Waals surface area contributed by atoms with Crippen molar-refractivity contribution >= 4 is 11.6 Å². The maximum Gasteiger partial charge on any atom is 0.238 e. The van der Waals surface area contributed by atoms with Crippen LogP contribution in [0.5, 0.6) is 0 Å². The van der Waals surface area contributed by atoms with Crippen LogP contribution in [0.2, 0.25) is 0 Å². The molecule has 0 aromatic heterocycles. The molecule has 0 spiro atoms. The van der Waals surface area contributed by atoms with E-state index in [1.807, 2.05) is 31.2 Å². The second kappa shape index (κ2) is 10.4. The van der Waals surface area contributed by atoms with Gasteiger partial charge in [0.25, 0.3) is 0 Å². The molecular formula is C17H28N2O. The summed E-state index contributed by atoms with van der Waals surface area (Å²) >= 11 is 0. The fraction of sp³-hybridized carbons (Fsp3) is 0.588. The summed E-state index contributed by atoms with van der Waals surface area (Å²) in [4.78, 5) is 11.7. The van der Waals surface area contributed by atoms with Crippen LogP contribution in [0.4, 0.5) is 5.69 Å². The van der Waals surface area contributed by atoms with Crippen molar-refractivity contribution in [1.82, 2.24) is 5.32 Å². The standard InChI is InChI=1S/C17H28N2O/c1-3-4-5-6-7-8-12-18-14-17(20)19-16-11-9-10-15(2)13-16/h9-11,13,18H,3-8,12,14H2,1-2H3,(H,19,20). The molecule has 0 bridgehead atoms. The van der Waals surface area contributed by atoms with Gasteiger partial charge in [0.05, 0.1) is 6.54 Å². The van der Waals surface area contributed by atoms with Crippen LogP contribution in [0.25, 0.3) is 0 Å². The fourth-order valence-electron chi connectivity index (χ4n) is 2.16. The number of rotatable bonds is 10. The second-order valence-corrected chi connectivity index (χ2v) is 5.36. The zero-order valence-electron chi connectivity index (χ0n) is 12.9. The van der Waals surface area contributed by atoms with Crippen molar-refractivity contribution in [1.29, 1.82) is 0 Å². The minimum absolute atomic E-state index is 0.0292. The third kappa shape index (κ3) is 7.95. The smallest absolute Gasteiger partial charge is 0.238 e. The predicted octanol–water partition coefficient (Wildman–Crippen LogP) is 3.88. The Bertz CT molecular complexity index is 390. The molecule has 1 rings (SSSR count). The molecule has 1 aromatic rings. The van der Waals surface area contributed by atoms with E-state index in [0.717, 1.165) is 24.2 Å². The number of benzene rings is 1. The molecule has 0 saturated carbocycles. The normalized spacial score (nSPS) is 10.5. The Morgan fingerprint density at radius 1 is 1.10 bits per heavy atom. The SMILES string of the molecule is CCCCCCCCNCC(=O)Nc1cccc(C)c1. The van der Waals surface area contributed by atoms with Crippen molar-refractivity contribution in [3.8, 4) is 0 Å². The van der Waals surface area contributed by atoms with Crippen molar-refractivity contribution in [3.05, 3.63) is 29.8 Å². The highest BCUT2D eigenvalue weighted by molar-refractivity contribution is 5.92. The molecule has 112 valence electrons. The first kappa shape index (κ1) is 16.7. The van der Waals surface area contributed by atoms with Crippen molar-refractivity contribution in [2.24, 2.45) is 0 Å². The van der Waals surface area contributed by atoms with Gasteiger partial charge in [0.15, 0.2) is 0 Å². The number of hydrogen-bond donors (Lipinski definition) is 2. The number of aryl methyl sites for hydroxylation is 1. The summed E-state index contributed by atoms with van der Waals surface area (Å²) in [5.41, 5.74) is 2.03. The Balaban J connectivity index is 2.03. The van der Waals surface area contributed by atoms with Crippen LogP contribution in [-0.2, 0) is 4.79 Å². The van der Waals surface area contributed by atoms with Gasteiger partial charge >= 0.3 is 0 Å². The molecule has 0 aliphatic carbocycles. The van der Waals surface area contributed by atoms with Gasteiger partial charge in [0.1, 0.15) is 0 Å². The quantitative estimate of drug-likeness (QED) is 0.637. The summed E-state index contributed by atoms with van der Waals surface area (Å²) in [6, 6.07) is 7.87. The first-order valence-electron chi connectivity index (χ1n) is 7.79. The van der Waals surface area contributed by atoms with Gasteiger partial charge < -0.3 is 10.6 Å². The van der Waals surface area contributed by atoms with E-state index in [1.165, 1.54) is 32.1 Å². The van der Waals surface area contributed by atoms with Crippen LogP contribution >= 0.6 is 0 Å². The Hall–Kier alpha value is -1.35. The van der Waals surface area contributed by atoms with Gasteiger partial charge in [-0.3, -0.25) is 4.79 Å². The topological polar surface area (TPSA) is 41.1 Å². The zero-order chi connectivity index (χ0) is 14.6. The molecule has 0 unspecified atom stereocenters. The van der Waals surface area contributed by atoms with E-state index < -0.39 is 0 Å². The van der Waals surface area contributed by atoms with Crippen LogP contribution < -0.4 is 10.6 Å². The molecule has 3 heteroatoms. The highest BCUT2D eigenvalue weighted by Crippen LogP contribution is 2.09. The van der Waals surface area contributed by atoms with Gasteiger partial charge in [-0.1, -0.05) is 51.2 Å². The van der Waals surface area contributed by atoms with Gasteiger partial charge in [-0.05, 0) is 37.6 Å². The highest BCUT2D eigenvalue weighted by atomic mass is 16.1. The number of amides is 1. The van der Waals surface area contributed by atoms with Crippen LogP contribution in [0.1, 0.15) is 51.0 Å². The summed E-state index contributed by atoms with van der Waals surface area (Å²) in [5, 5.41) is 6.10. The van der Waals surface area contributed by atoms with E-state index in [1.54, 1.807) is 0 Å². The minimum Gasteiger partial charge on any atom is -0.325 e. The van der Waals surface area contributed by atoms with E-state index in [2.05, 4.69) is 17.6 Å². The van der Waals surface area contributed by atoms with Gasteiger partial charge in [0.2, 0.25) is 5.91 Å². The molecule has 0 heterocycles. The lowest BCUT2D eigenvalue weighted by Gasteiger charge is -2.07. The number of carbonyl (C=O) groups excluding carboxylic acids is 1. The van der Waals surface area contributed by atoms with Gasteiger partial charge in [0, 0.05) is 5.69 Å². The predicted molar refractivity (Wildman–Crippen MR) is 86.1 cm³/mol. The van der Waals surface area contributed by atoms with E-state index in [9.17, 15) is 4.79 Å². The zero-order valence-corrected chi connectivity index (χ0v) is 12.9. The van der Waals surface area contributed by atoms with Crippen LogP contribution in [0.15, 0.2) is 24.3 Å². The monoisotopic (exact) mass is 276 g/mol. The molecule has 3 nitrogen and oxygen atoms in total. The molecule has 0 fully saturated rings. The highest BCUT2D eigenvalue weighted by Gasteiger charge is 2.01. The summed E-state index contributed by atoms with van der Waals surface area (Å²) in [7, 11) is 0. The van der Waals surface area contributed by atoms with Gasteiger partial charge in [-0.2, -0.15) is 0 Å². The summed E-state index contributed by atoms with van der Waals surface area (Å²) in [5.74, 6) is 0.0292. The van der Waals surface area contributed by atoms with E-state index in [-0.39, 0.29) is 5.91 Å². The molecule has 0 aliphatic rings. The Kier molecular flexibility index (Phi) is 8.72. The van der Waals surface area contributed by atoms with Gasteiger partial charge in [-0.25, -0.2) is 0 Å². The fourth-order valence-corrected chi connectivity index (χ4v) is 2.16. The number of hydrogen-bond acceptors (Lipinski definition) is 2. The minimum atomic E-state index is 0.0292. The molecule has 20 heavy (non-hydrogen) atoms. The lowest BCUT2D eigenvalue weighted by Crippen LogP contribution is -2.28. The molecule has 0 aliphatic heterocycles. The van der Waals surface area contributed by atoms with E-state index in [4.69, 9.17) is 0 Å². The third-order valence-electron chi connectivity index (χ3n) is 3.29. The average molecular weight is 276 g/mol. The van der Waals surface area contributed by atoms with Crippen LogP contribution in [-0.4, -0.2) is 19.0 Å². The third-order valence-corrected chi connectivity index (χ3v) is 3.29. The van der Waals surface area contributed by atoms with Crippen molar-refractivity contribution in [2.45, 2.75) is 52.4 Å². The average Bonchev–Trinajstić information content (AvgIpc) is 2.42. The first-order chi connectivity index (χ1) is 9.72. The van der Waals surface area contributed by atoms with Gasteiger partial charge in [-0.15, -0.1) is 0 Å². The summed E-state index contributed by atoms with van der Waals surface area (Å²) < 4.78 is 0. The van der Waals surface area contributed by atoms with Crippen LogP contribution in [0, 0.1) is 6.92 Å². The summed E-state index contributed by atoms with van der Waals surface area (Å²) in [6.45, 7) is 5.57. The number of nitrogens with one attached hydrogen (secondary N) is 2. The Morgan fingerprint density at radius 3 is 2.60 bits per heavy atom. The number of unbranched alkanes of at least 4 members (excludes halogenated alkanes) is 5.